The van der Waals surface area contributed by atoms with E-state index in [1.54, 1.807) is 4.68 Å². The summed E-state index contributed by atoms with van der Waals surface area (Å²) >= 11 is 8.50. The van der Waals surface area contributed by atoms with E-state index in [0.29, 0.717) is 11.0 Å². The van der Waals surface area contributed by atoms with Crippen molar-refractivity contribution in [1.29, 1.82) is 0 Å². The van der Waals surface area contributed by atoms with Crippen molar-refractivity contribution < 1.29 is 0 Å². The van der Waals surface area contributed by atoms with E-state index in [4.69, 9.17) is 16.6 Å². The largest absolute Gasteiger partial charge is 0.275 e. The van der Waals surface area contributed by atoms with Crippen molar-refractivity contribution in [1.82, 2.24) is 19.7 Å². The Kier molecular flexibility index (Phi) is 4.39. The fourth-order valence-corrected chi connectivity index (χ4v) is 3.24. The number of hydrogen-bond acceptors (Lipinski definition) is 3. The lowest BCUT2D eigenvalue weighted by Crippen LogP contribution is -2.17. The summed E-state index contributed by atoms with van der Waals surface area (Å²) in [4.78, 5) is 9.17. The number of nitrogens with zero attached hydrogens (tertiary/aromatic N) is 4. The van der Waals surface area contributed by atoms with E-state index < -0.39 is 0 Å². The maximum absolute atomic E-state index is 6.29. The van der Waals surface area contributed by atoms with Crippen LogP contribution in [0.25, 0.3) is 11.4 Å². The molecule has 2 rings (SSSR count). The molecule has 6 heteroatoms. The number of hydrogen-bond donors (Lipinski definition) is 0. The van der Waals surface area contributed by atoms with Crippen LogP contribution in [0.1, 0.15) is 39.1 Å². The first-order valence-electron chi connectivity index (χ1n) is 6.50. The number of aryl methyl sites for hydroxylation is 2. The second-order valence-corrected chi connectivity index (χ2v) is 7.20. The minimum absolute atomic E-state index is 0.0769. The lowest BCUT2D eigenvalue weighted by molar-refractivity contribution is 0.563. The van der Waals surface area contributed by atoms with E-state index in [-0.39, 0.29) is 5.41 Å². The second-order valence-electron chi connectivity index (χ2n) is 5.77. The Hall–Kier alpha value is -0.690. The molecule has 4 nitrogen and oxygen atoms in total. The van der Waals surface area contributed by atoms with Crippen molar-refractivity contribution in [2.45, 2.75) is 39.5 Å². The van der Waals surface area contributed by atoms with Crippen LogP contribution in [0, 0.1) is 3.57 Å². The van der Waals surface area contributed by atoms with Crippen LogP contribution in [0.15, 0.2) is 6.20 Å². The Labute approximate surface area is 138 Å². The molecule has 0 aromatic carbocycles. The van der Waals surface area contributed by atoms with Crippen LogP contribution in [0.5, 0.6) is 0 Å². The third-order valence-corrected chi connectivity index (χ3v) is 4.62. The quantitative estimate of drug-likeness (QED) is 0.561. The molecule has 0 aliphatic carbocycles. The van der Waals surface area contributed by atoms with Gasteiger partial charge < -0.3 is 0 Å². The lowest BCUT2D eigenvalue weighted by atomic mass is 9.92. The van der Waals surface area contributed by atoms with Crippen molar-refractivity contribution in [3.63, 3.8) is 0 Å². The van der Waals surface area contributed by atoms with Gasteiger partial charge in [0, 0.05) is 18.7 Å². The topological polar surface area (TPSA) is 43.6 Å². The molecule has 2 aromatic rings. The van der Waals surface area contributed by atoms with Crippen LogP contribution < -0.4 is 0 Å². The van der Waals surface area contributed by atoms with E-state index in [1.165, 1.54) is 0 Å². The minimum atomic E-state index is -0.0769. The standard InChI is InChI=1S/C14H18ClIN4/c1-6-9-8(7-20(5)19-9)13-17-11(14(2,3)4)10(16)12(15)18-13/h7H,6H2,1-5H3. The van der Waals surface area contributed by atoms with Crippen LogP contribution >= 0.6 is 34.2 Å². The highest BCUT2D eigenvalue weighted by Crippen LogP contribution is 2.32. The van der Waals surface area contributed by atoms with Crippen LogP contribution in [0.2, 0.25) is 5.15 Å². The van der Waals surface area contributed by atoms with Gasteiger partial charge in [0.15, 0.2) is 5.82 Å². The summed E-state index contributed by atoms with van der Waals surface area (Å²) in [6.45, 7) is 8.45. The molecule has 0 aliphatic heterocycles. The molecule has 0 amide bonds. The average molecular weight is 405 g/mol. The highest BCUT2D eigenvalue weighted by atomic mass is 127. The van der Waals surface area contributed by atoms with E-state index in [0.717, 1.165) is 26.9 Å². The first kappa shape index (κ1) is 15.7. The molecule has 2 aromatic heterocycles. The minimum Gasteiger partial charge on any atom is -0.275 e. The zero-order valence-corrected chi connectivity index (χ0v) is 15.2. The molecule has 0 radical (unpaired) electrons. The van der Waals surface area contributed by atoms with Gasteiger partial charge in [-0.2, -0.15) is 5.10 Å². The molecular formula is C14H18ClIN4. The fourth-order valence-electron chi connectivity index (χ4n) is 2.02. The smallest absolute Gasteiger partial charge is 0.164 e. The monoisotopic (exact) mass is 404 g/mol. The van der Waals surface area contributed by atoms with Crippen LogP contribution in [-0.4, -0.2) is 19.7 Å². The van der Waals surface area contributed by atoms with Gasteiger partial charge in [0.2, 0.25) is 0 Å². The third kappa shape index (κ3) is 2.98. The molecule has 0 fully saturated rings. The van der Waals surface area contributed by atoms with Gasteiger partial charge in [-0.1, -0.05) is 39.3 Å². The van der Waals surface area contributed by atoms with Gasteiger partial charge in [0.05, 0.1) is 20.5 Å². The van der Waals surface area contributed by atoms with Crippen molar-refractivity contribution in [3.8, 4) is 11.4 Å². The van der Waals surface area contributed by atoms with Gasteiger partial charge in [-0.05, 0) is 29.0 Å². The first-order chi connectivity index (χ1) is 9.24. The van der Waals surface area contributed by atoms with Gasteiger partial charge in [-0.3, -0.25) is 4.68 Å². The SMILES string of the molecule is CCc1nn(C)cc1-c1nc(Cl)c(I)c(C(C)(C)C)n1. The summed E-state index contributed by atoms with van der Waals surface area (Å²) in [5.74, 6) is 0.658. The number of rotatable bonds is 2. The van der Waals surface area contributed by atoms with Gasteiger partial charge in [-0.25, -0.2) is 9.97 Å². The summed E-state index contributed by atoms with van der Waals surface area (Å²) in [7, 11) is 1.90. The molecule has 0 N–H and O–H groups in total. The highest BCUT2D eigenvalue weighted by Gasteiger charge is 2.24. The van der Waals surface area contributed by atoms with Crippen LogP contribution in [0.3, 0.4) is 0 Å². The summed E-state index contributed by atoms with van der Waals surface area (Å²) in [5, 5.41) is 4.95. The van der Waals surface area contributed by atoms with Crippen molar-refractivity contribution >= 4 is 34.2 Å². The summed E-state index contributed by atoms with van der Waals surface area (Å²) in [6.07, 6.45) is 2.79. The van der Waals surface area contributed by atoms with E-state index in [1.807, 2.05) is 13.2 Å². The molecule has 0 unspecified atom stereocenters. The maximum Gasteiger partial charge on any atom is 0.164 e. The molecule has 0 bridgehead atoms. The molecule has 2 heterocycles. The van der Waals surface area contributed by atoms with E-state index >= 15 is 0 Å². The predicted octanol–water partition coefficient (Wildman–Crippen LogP) is 4.00. The number of aromatic nitrogens is 4. The van der Waals surface area contributed by atoms with Crippen LogP contribution in [0.4, 0.5) is 0 Å². The fraction of sp³-hybridized carbons (Fsp3) is 0.500. The summed E-state index contributed by atoms with van der Waals surface area (Å²) in [5.41, 5.74) is 2.84. The zero-order valence-electron chi connectivity index (χ0n) is 12.3. The molecule has 0 saturated carbocycles. The van der Waals surface area contributed by atoms with Crippen LogP contribution in [-0.2, 0) is 18.9 Å². The Bertz CT molecular complexity index is 643. The summed E-state index contributed by atoms with van der Waals surface area (Å²) in [6, 6.07) is 0. The van der Waals surface area contributed by atoms with E-state index in [2.05, 4.69) is 60.4 Å². The Morgan fingerprint density at radius 2 is 1.95 bits per heavy atom. The third-order valence-electron chi connectivity index (χ3n) is 3.00. The van der Waals surface area contributed by atoms with Gasteiger partial charge in [0.25, 0.3) is 0 Å². The molecule has 20 heavy (non-hydrogen) atoms. The second kappa shape index (κ2) is 5.60. The van der Waals surface area contributed by atoms with E-state index in [9.17, 15) is 0 Å². The first-order valence-corrected chi connectivity index (χ1v) is 7.96. The van der Waals surface area contributed by atoms with Gasteiger partial charge in [-0.15, -0.1) is 0 Å². The van der Waals surface area contributed by atoms with Gasteiger partial charge >= 0.3 is 0 Å². The van der Waals surface area contributed by atoms with Crippen molar-refractivity contribution in [3.05, 3.63) is 26.3 Å². The predicted molar refractivity (Wildman–Crippen MR) is 90.0 cm³/mol. The summed E-state index contributed by atoms with van der Waals surface area (Å²) < 4.78 is 2.71. The van der Waals surface area contributed by atoms with Gasteiger partial charge in [0.1, 0.15) is 5.15 Å². The normalized spacial score (nSPS) is 11.9. The van der Waals surface area contributed by atoms with Crippen molar-refractivity contribution in [2.24, 2.45) is 7.05 Å². The maximum atomic E-state index is 6.29. The molecule has 0 saturated heterocycles. The Morgan fingerprint density at radius 3 is 2.50 bits per heavy atom. The molecule has 0 aliphatic rings. The Balaban J connectivity index is 2.67. The zero-order chi connectivity index (χ0) is 15.1. The molecule has 0 spiro atoms. The number of halogens is 2. The molecule has 0 atom stereocenters. The molecule has 108 valence electrons. The lowest BCUT2D eigenvalue weighted by Gasteiger charge is -2.20. The highest BCUT2D eigenvalue weighted by molar-refractivity contribution is 14.1. The van der Waals surface area contributed by atoms with Crippen molar-refractivity contribution in [2.75, 3.05) is 0 Å². The average Bonchev–Trinajstić information content (AvgIpc) is 2.72. The molecular weight excluding hydrogens is 387 g/mol. The Morgan fingerprint density at radius 1 is 1.30 bits per heavy atom.